The summed E-state index contributed by atoms with van der Waals surface area (Å²) in [5.74, 6) is -2.29. The molecule has 0 saturated carbocycles. The Bertz CT molecular complexity index is 169. The van der Waals surface area contributed by atoms with Crippen molar-refractivity contribution in [1.29, 1.82) is 0 Å². The van der Waals surface area contributed by atoms with E-state index in [0.717, 1.165) is 0 Å². The van der Waals surface area contributed by atoms with E-state index in [4.69, 9.17) is 10.2 Å². The quantitative estimate of drug-likeness (QED) is 0.546. The Morgan fingerprint density at radius 3 is 2.25 bits per heavy atom. The van der Waals surface area contributed by atoms with E-state index in [9.17, 15) is 9.59 Å². The smallest absolute Gasteiger partial charge is 0.307 e. The fraction of sp³-hybridized carbons (Fsp3) is 0.714. The normalized spacial score (nSPS) is 12.4. The van der Waals surface area contributed by atoms with Gasteiger partial charge in [-0.15, -0.1) is 0 Å². The van der Waals surface area contributed by atoms with Crippen LogP contribution in [0, 0.1) is 5.92 Å². The van der Waals surface area contributed by atoms with Gasteiger partial charge in [-0.1, -0.05) is 0 Å². The zero-order valence-corrected chi connectivity index (χ0v) is 7.46. The summed E-state index contributed by atoms with van der Waals surface area (Å²) in [7, 11) is 0. The molecule has 5 heteroatoms. The number of hydrogen-bond donors (Lipinski definition) is 3. The Morgan fingerprint density at radius 1 is 1.33 bits per heavy atom. The lowest BCUT2D eigenvalue weighted by Gasteiger charge is -2.07. The molecule has 0 fully saturated rings. The van der Waals surface area contributed by atoms with Gasteiger partial charge in [-0.05, 0) is 18.6 Å². The number of hydrogen-bond acceptors (Lipinski definition) is 3. The summed E-state index contributed by atoms with van der Waals surface area (Å²) in [5, 5.41) is 16.9. The van der Waals surface area contributed by atoms with Gasteiger partial charge in [-0.3, -0.25) is 9.59 Å². The maximum absolute atomic E-state index is 10.5. The standard InChI is InChI=1S/C7H12O4S/c8-6(9)4-5(7(10)11)2-1-3-12/h5,12H,1-4H2,(H,8,9)(H,10,11). The first-order valence-corrected chi connectivity index (χ1v) is 4.26. The summed E-state index contributed by atoms with van der Waals surface area (Å²) in [5.41, 5.74) is 0. The molecule has 0 aromatic heterocycles. The Labute approximate surface area is 76.0 Å². The minimum Gasteiger partial charge on any atom is -0.481 e. The number of carboxylic acids is 2. The predicted octanol–water partition coefficient (Wildman–Crippen LogP) is 0.872. The largest absolute Gasteiger partial charge is 0.481 e. The van der Waals surface area contributed by atoms with Crippen molar-refractivity contribution in [3.05, 3.63) is 0 Å². The van der Waals surface area contributed by atoms with Gasteiger partial charge in [0, 0.05) is 0 Å². The molecule has 0 radical (unpaired) electrons. The molecular weight excluding hydrogens is 180 g/mol. The third-order valence-corrected chi connectivity index (χ3v) is 1.80. The number of carboxylic acid groups (broad SMARTS) is 2. The molecule has 0 saturated heterocycles. The average Bonchev–Trinajstić information content (AvgIpc) is 1.96. The van der Waals surface area contributed by atoms with Crippen molar-refractivity contribution in [2.45, 2.75) is 19.3 Å². The van der Waals surface area contributed by atoms with Gasteiger partial charge in [0.05, 0.1) is 12.3 Å². The van der Waals surface area contributed by atoms with Gasteiger partial charge in [-0.25, -0.2) is 0 Å². The molecule has 0 heterocycles. The van der Waals surface area contributed by atoms with Gasteiger partial charge in [-0.2, -0.15) is 12.6 Å². The molecule has 2 N–H and O–H groups in total. The van der Waals surface area contributed by atoms with E-state index in [1.54, 1.807) is 0 Å². The highest BCUT2D eigenvalue weighted by Crippen LogP contribution is 2.11. The van der Waals surface area contributed by atoms with E-state index in [-0.39, 0.29) is 6.42 Å². The fourth-order valence-corrected chi connectivity index (χ4v) is 1.04. The molecule has 0 aliphatic heterocycles. The maximum atomic E-state index is 10.5. The molecule has 0 aromatic rings. The van der Waals surface area contributed by atoms with E-state index in [2.05, 4.69) is 12.6 Å². The van der Waals surface area contributed by atoms with Crippen LogP contribution in [-0.4, -0.2) is 27.9 Å². The Balaban J connectivity index is 3.87. The van der Waals surface area contributed by atoms with E-state index >= 15 is 0 Å². The first-order chi connectivity index (χ1) is 5.57. The van der Waals surface area contributed by atoms with Crippen LogP contribution < -0.4 is 0 Å². The highest BCUT2D eigenvalue weighted by molar-refractivity contribution is 7.80. The monoisotopic (exact) mass is 192 g/mol. The zero-order chi connectivity index (χ0) is 9.56. The Hall–Kier alpha value is -0.710. The van der Waals surface area contributed by atoms with E-state index in [0.29, 0.717) is 18.6 Å². The molecule has 0 spiro atoms. The van der Waals surface area contributed by atoms with E-state index in [1.807, 2.05) is 0 Å². The highest BCUT2D eigenvalue weighted by atomic mass is 32.1. The molecule has 0 aliphatic rings. The third kappa shape index (κ3) is 5.01. The SMILES string of the molecule is O=C(O)CC(CCCS)C(=O)O. The van der Waals surface area contributed by atoms with Crippen LogP contribution in [0.4, 0.5) is 0 Å². The van der Waals surface area contributed by atoms with Gasteiger partial charge in [0.25, 0.3) is 0 Å². The molecule has 12 heavy (non-hydrogen) atoms. The van der Waals surface area contributed by atoms with Crippen LogP contribution in [-0.2, 0) is 9.59 Å². The van der Waals surface area contributed by atoms with E-state index < -0.39 is 17.9 Å². The van der Waals surface area contributed by atoms with Gasteiger partial charge in [0.2, 0.25) is 0 Å². The van der Waals surface area contributed by atoms with Crippen LogP contribution in [0.1, 0.15) is 19.3 Å². The summed E-state index contributed by atoms with van der Waals surface area (Å²) in [4.78, 5) is 20.6. The molecule has 0 aliphatic carbocycles. The lowest BCUT2D eigenvalue weighted by molar-refractivity contribution is -0.148. The molecule has 0 rings (SSSR count). The summed E-state index contributed by atoms with van der Waals surface area (Å²) >= 11 is 3.91. The molecule has 0 amide bonds. The zero-order valence-electron chi connectivity index (χ0n) is 6.56. The number of aliphatic carboxylic acids is 2. The second-order valence-electron chi connectivity index (χ2n) is 2.50. The van der Waals surface area contributed by atoms with Crippen molar-refractivity contribution in [3.8, 4) is 0 Å². The third-order valence-electron chi connectivity index (χ3n) is 1.48. The van der Waals surface area contributed by atoms with Gasteiger partial charge in [0.1, 0.15) is 0 Å². The first kappa shape index (κ1) is 11.3. The van der Waals surface area contributed by atoms with Gasteiger partial charge < -0.3 is 10.2 Å². The van der Waals surface area contributed by atoms with Crippen molar-refractivity contribution in [3.63, 3.8) is 0 Å². The Morgan fingerprint density at radius 2 is 1.92 bits per heavy atom. The number of rotatable bonds is 6. The average molecular weight is 192 g/mol. The van der Waals surface area contributed by atoms with Gasteiger partial charge in [0.15, 0.2) is 0 Å². The number of carbonyl (C=O) groups is 2. The molecule has 1 atom stereocenters. The summed E-state index contributed by atoms with van der Waals surface area (Å²) < 4.78 is 0. The molecule has 0 aromatic carbocycles. The van der Waals surface area contributed by atoms with Crippen LogP contribution in [0.2, 0.25) is 0 Å². The summed E-state index contributed by atoms with van der Waals surface area (Å²) in [6.07, 6.45) is 0.710. The maximum Gasteiger partial charge on any atom is 0.307 e. The van der Waals surface area contributed by atoms with Crippen LogP contribution >= 0.6 is 12.6 Å². The van der Waals surface area contributed by atoms with Crippen molar-refractivity contribution in [2.24, 2.45) is 5.92 Å². The van der Waals surface area contributed by atoms with Gasteiger partial charge >= 0.3 is 11.9 Å². The minimum atomic E-state index is -1.07. The second-order valence-corrected chi connectivity index (χ2v) is 2.95. The molecule has 0 bridgehead atoms. The highest BCUT2D eigenvalue weighted by Gasteiger charge is 2.19. The van der Waals surface area contributed by atoms with Crippen LogP contribution in [0.25, 0.3) is 0 Å². The lowest BCUT2D eigenvalue weighted by Crippen LogP contribution is -2.17. The van der Waals surface area contributed by atoms with Crippen molar-refractivity contribution in [2.75, 3.05) is 5.75 Å². The van der Waals surface area contributed by atoms with Crippen LogP contribution in [0.15, 0.2) is 0 Å². The van der Waals surface area contributed by atoms with Crippen molar-refractivity contribution >= 4 is 24.6 Å². The topological polar surface area (TPSA) is 74.6 Å². The predicted molar refractivity (Wildman–Crippen MR) is 46.5 cm³/mol. The summed E-state index contributed by atoms with van der Waals surface area (Å²) in [6, 6.07) is 0. The molecule has 70 valence electrons. The molecular formula is C7H12O4S. The number of thiol groups is 1. The summed E-state index contributed by atoms with van der Waals surface area (Å²) in [6.45, 7) is 0. The second kappa shape index (κ2) is 5.88. The lowest BCUT2D eigenvalue weighted by atomic mass is 10.0. The molecule has 1 unspecified atom stereocenters. The fourth-order valence-electron chi connectivity index (χ4n) is 0.861. The molecule has 4 nitrogen and oxygen atoms in total. The Kier molecular flexibility index (Phi) is 5.53. The van der Waals surface area contributed by atoms with Crippen molar-refractivity contribution in [1.82, 2.24) is 0 Å². The first-order valence-electron chi connectivity index (χ1n) is 3.63. The van der Waals surface area contributed by atoms with Crippen LogP contribution in [0.5, 0.6) is 0 Å². The van der Waals surface area contributed by atoms with Crippen LogP contribution in [0.3, 0.4) is 0 Å². The van der Waals surface area contributed by atoms with E-state index in [1.165, 1.54) is 0 Å². The minimum absolute atomic E-state index is 0.302. The van der Waals surface area contributed by atoms with Crippen molar-refractivity contribution < 1.29 is 19.8 Å².